The van der Waals surface area contributed by atoms with Gasteiger partial charge in [0, 0.05) is 5.69 Å². The summed E-state index contributed by atoms with van der Waals surface area (Å²) in [5.74, 6) is -3.42. The topological polar surface area (TPSA) is 148 Å². The number of anilines is 2. The predicted molar refractivity (Wildman–Crippen MR) is 138 cm³/mol. The number of carbonyl (C=O) groups is 3. The van der Waals surface area contributed by atoms with Crippen LogP contribution in [0.4, 0.5) is 11.4 Å². The Kier molecular flexibility index (Phi) is 7.50. The third-order valence-corrected chi connectivity index (χ3v) is 6.14. The van der Waals surface area contributed by atoms with Crippen LogP contribution in [0.15, 0.2) is 94.0 Å². The van der Waals surface area contributed by atoms with Crippen molar-refractivity contribution in [1.82, 2.24) is 0 Å². The van der Waals surface area contributed by atoms with Crippen LogP contribution < -0.4 is 16.0 Å². The average Bonchev–Trinajstić information content (AvgIpc) is 3.48. The smallest absolute Gasteiger partial charge is 0.355 e. The van der Waals surface area contributed by atoms with Crippen molar-refractivity contribution in [1.29, 1.82) is 5.26 Å². The fourth-order valence-electron chi connectivity index (χ4n) is 4.12. The molecule has 0 bridgehead atoms. The molecule has 0 spiro atoms. The molecule has 0 saturated heterocycles. The largest absolute Gasteiger partial charge is 0.466 e. The van der Waals surface area contributed by atoms with E-state index in [1.165, 1.54) is 35.4 Å². The summed E-state index contributed by atoms with van der Waals surface area (Å²) in [5, 5.41) is 12.9. The molecule has 38 heavy (non-hydrogen) atoms. The molecule has 0 saturated carbocycles. The standard InChI is InChI=1S/C27H21ClN4O6/c1-36-26(34)22-21(15-7-4-3-5-8-15)17(14-29)24(30)32(23(22)27(35)37-2)16-10-11-18(28)19(13-16)31-25(33)20-9-6-12-38-20/h3-13,21H,30H2,1-2H3,(H,31,33). The van der Waals surface area contributed by atoms with E-state index in [4.69, 9.17) is 31.2 Å². The number of amides is 1. The molecule has 0 radical (unpaired) electrons. The van der Waals surface area contributed by atoms with E-state index >= 15 is 0 Å². The van der Waals surface area contributed by atoms with Gasteiger partial charge in [-0.1, -0.05) is 41.9 Å². The molecule has 0 fully saturated rings. The Hall–Kier alpha value is -5.01. The molecule has 1 aliphatic rings. The third kappa shape index (κ3) is 4.70. The lowest BCUT2D eigenvalue weighted by Gasteiger charge is -2.36. The number of nitriles is 1. The number of nitrogens with two attached hydrogens (primary N) is 1. The molecule has 0 aliphatic carbocycles. The first-order valence-electron chi connectivity index (χ1n) is 11.1. The second-order valence-electron chi connectivity index (χ2n) is 7.93. The fourth-order valence-corrected chi connectivity index (χ4v) is 4.29. The summed E-state index contributed by atoms with van der Waals surface area (Å²) in [7, 11) is 2.31. The summed E-state index contributed by atoms with van der Waals surface area (Å²) in [6.07, 6.45) is 1.35. The van der Waals surface area contributed by atoms with Crippen LogP contribution >= 0.6 is 11.6 Å². The summed E-state index contributed by atoms with van der Waals surface area (Å²) >= 11 is 6.33. The SMILES string of the molecule is COC(=O)C1=C(C(=O)OC)N(c2ccc(Cl)c(NC(=O)c3ccco3)c2)C(N)=C(C#N)C1c1ccccc1. The number of nitrogens with one attached hydrogen (secondary N) is 1. The quantitative estimate of drug-likeness (QED) is 0.448. The Labute approximate surface area is 222 Å². The molecule has 3 aromatic rings. The number of hydrogen-bond donors (Lipinski definition) is 2. The van der Waals surface area contributed by atoms with Gasteiger partial charge in [-0.15, -0.1) is 0 Å². The zero-order valence-corrected chi connectivity index (χ0v) is 21.0. The van der Waals surface area contributed by atoms with Gasteiger partial charge in [0.2, 0.25) is 0 Å². The van der Waals surface area contributed by atoms with Gasteiger partial charge in [-0.2, -0.15) is 5.26 Å². The minimum atomic E-state index is -1.01. The second kappa shape index (κ2) is 10.9. The lowest BCUT2D eigenvalue weighted by atomic mass is 9.81. The highest BCUT2D eigenvalue weighted by molar-refractivity contribution is 6.34. The first kappa shape index (κ1) is 26.1. The number of esters is 2. The summed E-state index contributed by atoms with van der Waals surface area (Å²) in [5.41, 5.74) is 7.01. The van der Waals surface area contributed by atoms with Crippen LogP contribution in [0.2, 0.25) is 5.02 Å². The van der Waals surface area contributed by atoms with Gasteiger partial charge >= 0.3 is 11.9 Å². The van der Waals surface area contributed by atoms with Crippen molar-refractivity contribution in [2.75, 3.05) is 24.4 Å². The molecule has 10 nitrogen and oxygen atoms in total. The first-order chi connectivity index (χ1) is 18.3. The number of hydrogen-bond acceptors (Lipinski definition) is 9. The second-order valence-corrected chi connectivity index (χ2v) is 8.34. The molecular weight excluding hydrogens is 512 g/mol. The molecule has 1 aliphatic heterocycles. The highest BCUT2D eigenvalue weighted by atomic mass is 35.5. The van der Waals surface area contributed by atoms with Crippen LogP contribution in [0.1, 0.15) is 22.0 Å². The van der Waals surface area contributed by atoms with E-state index < -0.39 is 23.8 Å². The van der Waals surface area contributed by atoms with Crippen molar-refractivity contribution in [2.24, 2.45) is 5.73 Å². The monoisotopic (exact) mass is 532 g/mol. The predicted octanol–water partition coefficient (Wildman–Crippen LogP) is 4.08. The van der Waals surface area contributed by atoms with E-state index in [9.17, 15) is 19.6 Å². The number of rotatable bonds is 6. The number of nitrogens with zero attached hydrogens (tertiary/aromatic N) is 2. The third-order valence-electron chi connectivity index (χ3n) is 5.81. The Morgan fingerprint density at radius 3 is 2.37 bits per heavy atom. The van der Waals surface area contributed by atoms with Gasteiger partial charge in [0.15, 0.2) is 5.76 Å². The lowest BCUT2D eigenvalue weighted by molar-refractivity contribution is -0.139. The molecule has 1 atom stereocenters. The Morgan fingerprint density at radius 2 is 1.76 bits per heavy atom. The Morgan fingerprint density at radius 1 is 1.05 bits per heavy atom. The van der Waals surface area contributed by atoms with E-state index in [0.717, 1.165) is 14.2 Å². The van der Waals surface area contributed by atoms with E-state index in [1.807, 2.05) is 0 Å². The molecule has 4 rings (SSSR count). The summed E-state index contributed by atoms with van der Waals surface area (Å²) in [4.78, 5) is 40.1. The van der Waals surface area contributed by atoms with Gasteiger partial charge < -0.3 is 24.9 Å². The van der Waals surface area contributed by atoms with Gasteiger partial charge in [-0.3, -0.25) is 9.69 Å². The van der Waals surface area contributed by atoms with Crippen LogP contribution in [0.5, 0.6) is 0 Å². The van der Waals surface area contributed by atoms with Crippen molar-refractivity contribution < 1.29 is 28.3 Å². The number of benzene rings is 2. The first-order valence-corrected chi connectivity index (χ1v) is 11.5. The number of halogens is 1. The van der Waals surface area contributed by atoms with Gasteiger partial charge in [-0.05, 0) is 35.9 Å². The number of carbonyl (C=O) groups excluding carboxylic acids is 3. The van der Waals surface area contributed by atoms with Crippen molar-refractivity contribution in [3.8, 4) is 6.07 Å². The maximum atomic E-state index is 13.2. The van der Waals surface area contributed by atoms with E-state index in [0.29, 0.717) is 5.56 Å². The maximum Gasteiger partial charge on any atom is 0.355 e. The maximum absolute atomic E-state index is 13.2. The van der Waals surface area contributed by atoms with E-state index in [-0.39, 0.29) is 44.8 Å². The number of allylic oxidation sites excluding steroid dienone is 1. The van der Waals surface area contributed by atoms with Crippen LogP contribution in [-0.2, 0) is 19.1 Å². The van der Waals surface area contributed by atoms with Gasteiger partial charge in [0.25, 0.3) is 5.91 Å². The summed E-state index contributed by atoms with van der Waals surface area (Å²) in [6, 6.07) is 18.1. The van der Waals surface area contributed by atoms with Gasteiger partial charge in [0.05, 0.1) is 54.3 Å². The Bertz CT molecular complexity index is 1510. The molecular formula is C27H21ClN4O6. The zero-order valence-electron chi connectivity index (χ0n) is 20.2. The van der Waals surface area contributed by atoms with E-state index in [1.54, 1.807) is 36.4 Å². The molecule has 1 amide bonds. The average molecular weight is 533 g/mol. The van der Waals surface area contributed by atoms with Gasteiger partial charge in [0.1, 0.15) is 11.5 Å². The molecule has 2 heterocycles. The minimum absolute atomic E-state index is 0.000346. The van der Waals surface area contributed by atoms with Crippen molar-refractivity contribution >= 4 is 40.8 Å². The number of ether oxygens (including phenoxy) is 2. The molecule has 11 heteroatoms. The van der Waals surface area contributed by atoms with Crippen LogP contribution in [-0.4, -0.2) is 32.1 Å². The van der Waals surface area contributed by atoms with Crippen LogP contribution in [0, 0.1) is 11.3 Å². The van der Waals surface area contributed by atoms with E-state index in [2.05, 4.69) is 11.4 Å². The highest BCUT2D eigenvalue weighted by Crippen LogP contribution is 2.44. The fraction of sp³-hybridized carbons (Fsp3) is 0.111. The molecule has 192 valence electrons. The van der Waals surface area contributed by atoms with Crippen LogP contribution in [0.3, 0.4) is 0 Å². The molecule has 1 unspecified atom stereocenters. The molecule has 1 aromatic heterocycles. The summed E-state index contributed by atoms with van der Waals surface area (Å²) < 4.78 is 15.2. The summed E-state index contributed by atoms with van der Waals surface area (Å²) in [6.45, 7) is 0. The van der Waals surface area contributed by atoms with Crippen molar-refractivity contribution in [3.05, 3.63) is 106 Å². The molecule has 2 aromatic carbocycles. The zero-order chi connectivity index (χ0) is 27.4. The minimum Gasteiger partial charge on any atom is -0.466 e. The van der Waals surface area contributed by atoms with Crippen LogP contribution in [0.25, 0.3) is 0 Å². The van der Waals surface area contributed by atoms with Crippen molar-refractivity contribution in [2.45, 2.75) is 5.92 Å². The molecule has 3 N–H and O–H groups in total. The highest BCUT2D eigenvalue weighted by Gasteiger charge is 2.43. The van der Waals surface area contributed by atoms with Crippen molar-refractivity contribution in [3.63, 3.8) is 0 Å². The lowest BCUT2D eigenvalue weighted by Crippen LogP contribution is -2.40. The number of methoxy groups -OCH3 is 2. The number of furan rings is 1. The normalized spacial score (nSPS) is 15.1. The van der Waals surface area contributed by atoms with Gasteiger partial charge in [-0.25, -0.2) is 9.59 Å². The Balaban J connectivity index is 1.94.